The number of likely N-dealkylation sites (tertiary alicyclic amines) is 1. The van der Waals surface area contributed by atoms with Crippen molar-refractivity contribution < 1.29 is 42.3 Å². The number of carbonyl (C=O) groups is 5. The van der Waals surface area contributed by atoms with Crippen molar-refractivity contribution >= 4 is 41.6 Å². The molecular formula is C22H25ClF3N3O6. The van der Waals surface area contributed by atoms with Crippen molar-refractivity contribution in [1.29, 1.82) is 0 Å². The first-order valence-electron chi connectivity index (χ1n) is 10.7. The summed E-state index contributed by atoms with van der Waals surface area (Å²) in [5.41, 5.74) is -1.65. The molecule has 3 amide bonds. The lowest BCUT2D eigenvalue weighted by atomic mass is 10.0. The third-order valence-corrected chi connectivity index (χ3v) is 5.90. The molecule has 0 bridgehead atoms. The first-order chi connectivity index (χ1) is 16.3. The van der Waals surface area contributed by atoms with Crippen molar-refractivity contribution in [3.05, 3.63) is 34.3 Å². The van der Waals surface area contributed by atoms with E-state index in [-0.39, 0.29) is 19.3 Å². The summed E-state index contributed by atoms with van der Waals surface area (Å²) >= 11 is 5.82. The lowest BCUT2D eigenvalue weighted by Crippen LogP contribution is -2.56. The minimum atomic E-state index is -4.78. The Morgan fingerprint density at radius 1 is 1.23 bits per heavy atom. The van der Waals surface area contributed by atoms with Crippen LogP contribution in [0.4, 0.5) is 13.2 Å². The number of carbonyl (C=O) groups excluding carboxylic acids is 4. The zero-order chi connectivity index (χ0) is 26.5. The predicted molar refractivity (Wildman–Crippen MR) is 118 cm³/mol. The van der Waals surface area contributed by atoms with E-state index in [9.17, 15) is 37.1 Å². The van der Waals surface area contributed by atoms with Crippen LogP contribution in [0.2, 0.25) is 5.02 Å². The van der Waals surface area contributed by atoms with Gasteiger partial charge in [0.05, 0.1) is 28.6 Å². The molecule has 3 atom stereocenters. The zero-order valence-electron chi connectivity index (χ0n) is 18.9. The molecule has 1 aliphatic heterocycles. The quantitative estimate of drug-likeness (QED) is 0.429. The van der Waals surface area contributed by atoms with Gasteiger partial charge < -0.3 is 25.4 Å². The molecular weight excluding hydrogens is 495 g/mol. The fourth-order valence-corrected chi connectivity index (χ4v) is 4.06. The zero-order valence-corrected chi connectivity index (χ0v) is 19.7. The van der Waals surface area contributed by atoms with Crippen LogP contribution in [0.3, 0.4) is 0 Å². The van der Waals surface area contributed by atoms with E-state index in [0.29, 0.717) is 6.42 Å². The first kappa shape index (κ1) is 28.1. The number of halogens is 4. The van der Waals surface area contributed by atoms with E-state index >= 15 is 0 Å². The van der Waals surface area contributed by atoms with Crippen LogP contribution in [0, 0.1) is 5.92 Å². The molecule has 0 saturated carbocycles. The van der Waals surface area contributed by atoms with Crippen LogP contribution in [-0.4, -0.2) is 64.7 Å². The molecule has 2 rings (SSSR count). The molecule has 3 N–H and O–H groups in total. The van der Waals surface area contributed by atoms with E-state index in [1.807, 2.05) is 0 Å². The Labute approximate surface area is 204 Å². The van der Waals surface area contributed by atoms with Crippen molar-refractivity contribution in [1.82, 2.24) is 15.5 Å². The molecule has 13 heteroatoms. The molecule has 192 valence electrons. The third-order valence-electron chi connectivity index (χ3n) is 5.49. The molecule has 1 aromatic rings. The Morgan fingerprint density at radius 2 is 1.89 bits per heavy atom. The largest absolute Gasteiger partial charge is 0.481 e. The molecule has 0 spiro atoms. The van der Waals surface area contributed by atoms with E-state index in [0.717, 1.165) is 18.2 Å². The molecule has 1 heterocycles. The third kappa shape index (κ3) is 6.93. The second kappa shape index (κ2) is 11.5. The molecule has 0 aliphatic carbocycles. The maximum absolute atomic E-state index is 13.3. The number of amides is 3. The van der Waals surface area contributed by atoms with E-state index in [1.54, 1.807) is 13.8 Å². The number of nitrogens with zero attached hydrogens (tertiary/aromatic N) is 1. The highest BCUT2D eigenvalue weighted by molar-refractivity contribution is 6.34. The predicted octanol–water partition coefficient (Wildman–Crippen LogP) is 2.26. The number of carboxylic acid groups (broad SMARTS) is 1. The summed E-state index contributed by atoms with van der Waals surface area (Å²) in [5, 5.41) is 12.8. The molecule has 1 aliphatic rings. The van der Waals surface area contributed by atoms with Gasteiger partial charge in [-0.1, -0.05) is 31.5 Å². The number of benzene rings is 1. The highest BCUT2D eigenvalue weighted by Crippen LogP contribution is 2.36. The van der Waals surface area contributed by atoms with Crippen LogP contribution in [0.15, 0.2) is 18.2 Å². The SMILES string of the molecule is CC(C)[C@H](NC(=O)c1cccc(C(F)(F)F)c1Cl)C(=O)N1CCC[C@H]1C(=O)N[C@H](C=O)CC(=O)O. The number of hydrogen-bond acceptors (Lipinski definition) is 5. The number of carboxylic acids is 1. The fourth-order valence-electron chi connectivity index (χ4n) is 3.74. The molecule has 0 radical (unpaired) electrons. The molecule has 1 aromatic carbocycles. The molecule has 0 aromatic heterocycles. The molecule has 35 heavy (non-hydrogen) atoms. The van der Waals surface area contributed by atoms with Gasteiger partial charge in [0, 0.05) is 6.54 Å². The van der Waals surface area contributed by atoms with Gasteiger partial charge in [0.2, 0.25) is 11.8 Å². The van der Waals surface area contributed by atoms with E-state index in [4.69, 9.17) is 16.7 Å². The van der Waals surface area contributed by atoms with Gasteiger partial charge in [-0.2, -0.15) is 13.2 Å². The van der Waals surface area contributed by atoms with Crippen LogP contribution in [-0.2, 0) is 25.4 Å². The normalized spacial score (nSPS) is 17.6. The van der Waals surface area contributed by atoms with Crippen molar-refractivity contribution in [3.8, 4) is 0 Å². The number of alkyl halides is 3. The topological polar surface area (TPSA) is 133 Å². The molecule has 1 saturated heterocycles. The van der Waals surface area contributed by atoms with Crippen LogP contribution < -0.4 is 10.6 Å². The Morgan fingerprint density at radius 3 is 2.43 bits per heavy atom. The van der Waals surface area contributed by atoms with Gasteiger partial charge in [-0.25, -0.2) is 0 Å². The monoisotopic (exact) mass is 519 g/mol. The van der Waals surface area contributed by atoms with Crippen LogP contribution in [0.5, 0.6) is 0 Å². The summed E-state index contributed by atoms with van der Waals surface area (Å²) in [6.45, 7) is 3.37. The average Bonchev–Trinajstić information content (AvgIpc) is 3.25. The van der Waals surface area contributed by atoms with Crippen LogP contribution in [0.1, 0.15) is 49.0 Å². The number of hydrogen-bond donors (Lipinski definition) is 3. The van der Waals surface area contributed by atoms with Crippen LogP contribution in [0.25, 0.3) is 0 Å². The van der Waals surface area contributed by atoms with Crippen molar-refractivity contribution in [2.75, 3.05) is 6.54 Å². The van der Waals surface area contributed by atoms with Gasteiger partial charge in [0.1, 0.15) is 18.4 Å². The Balaban J connectivity index is 2.22. The molecule has 0 unspecified atom stereocenters. The second-order valence-corrected chi connectivity index (χ2v) is 8.78. The van der Waals surface area contributed by atoms with Crippen molar-refractivity contribution in [2.24, 2.45) is 5.92 Å². The summed E-state index contributed by atoms with van der Waals surface area (Å²) in [4.78, 5) is 61.8. The lowest BCUT2D eigenvalue weighted by molar-refractivity contribution is -0.142. The number of aliphatic carboxylic acids is 1. The standard InChI is InChI=1S/C22H25ClF3N3O6/c1-11(2)18(28-19(33)13-5-3-6-14(17(13)23)22(24,25)26)21(35)29-8-4-7-15(29)20(34)27-12(10-30)9-16(31)32/h3,5-6,10-12,15,18H,4,7-9H2,1-2H3,(H,27,34)(H,28,33)(H,31,32)/t12-,15-,18-/m0/s1. The maximum Gasteiger partial charge on any atom is 0.417 e. The number of aldehydes is 1. The summed E-state index contributed by atoms with van der Waals surface area (Å²) in [5.74, 6) is -4.15. The van der Waals surface area contributed by atoms with Gasteiger partial charge >= 0.3 is 12.1 Å². The highest BCUT2D eigenvalue weighted by Gasteiger charge is 2.40. The summed E-state index contributed by atoms with van der Waals surface area (Å²) < 4.78 is 39.5. The fraction of sp³-hybridized carbons (Fsp3) is 0.500. The van der Waals surface area contributed by atoms with E-state index in [2.05, 4.69) is 10.6 Å². The molecule has 1 fully saturated rings. The van der Waals surface area contributed by atoms with Gasteiger partial charge in [0.25, 0.3) is 5.91 Å². The smallest absolute Gasteiger partial charge is 0.417 e. The first-order valence-corrected chi connectivity index (χ1v) is 11.1. The van der Waals surface area contributed by atoms with E-state index < -0.39 is 76.5 Å². The lowest BCUT2D eigenvalue weighted by Gasteiger charge is -2.31. The average molecular weight is 520 g/mol. The summed E-state index contributed by atoms with van der Waals surface area (Å²) in [6.07, 6.45) is -4.45. The van der Waals surface area contributed by atoms with Gasteiger partial charge in [-0.15, -0.1) is 0 Å². The number of rotatable bonds is 9. The van der Waals surface area contributed by atoms with Crippen molar-refractivity contribution in [2.45, 2.75) is 57.4 Å². The summed E-state index contributed by atoms with van der Waals surface area (Å²) in [7, 11) is 0. The minimum absolute atomic E-state index is 0.158. The van der Waals surface area contributed by atoms with Gasteiger partial charge in [-0.3, -0.25) is 19.2 Å². The van der Waals surface area contributed by atoms with Gasteiger partial charge in [-0.05, 0) is 30.9 Å². The molecule has 9 nitrogen and oxygen atoms in total. The van der Waals surface area contributed by atoms with Crippen LogP contribution >= 0.6 is 11.6 Å². The Bertz CT molecular complexity index is 1000. The maximum atomic E-state index is 13.3. The number of nitrogens with one attached hydrogen (secondary N) is 2. The summed E-state index contributed by atoms with van der Waals surface area (Å²) in [6, 6.07) is -0.619. The van der Waals surface area contributed by atoms with E-state index in [1.165, 1.54) is 4.90 Å². The minimum Gasteiger partial charge on any atom is -0.481 e. The highest BCUT2D eigenvalue weighted by atomic mass is 35.5. The Kier molecular flexibility index (Phi) is 9.24. The Hall–Kier alpha value is -3.15. The van der Waals surface area contributed by atoms with Crippen molar-refractivity contribution in [3.63, 3.8) is 0 Å². The van der Waals surface area contributed by atoms with Gasteiger partial charge in [0.15, 0.2) is 0 Å². The second-order valence-electron chi connectivity index (χ2n) is 8.40.